The van der Waals surface area contributed by atoms with Gasteiger partial charge in [0.05, 0.1) is 25.0 Å². The molecule has 2 unspecified atom stereocenters. The molecule has 132 valence electrons. The second kappa shape index (κ2) is 7.94. The maximum atomic E-state index is 14.3. The Morgan fingerprint density at radius 2 is 2.12 bits per heavy atom. The van der Waals surface area contributed by atoms with E-state index in [0.717, 1.165) is 25.7 Å². The van der Waals surface area contributed by atoms with E-state index < -0.39 is 0 Å². The van der Waals surface area contributed by atoms with Crippen molar-refractivity contribution >= 4 is 11.6 Å². The second-order valence-electron chi connectivity index (χ2n) is 6.66. The van der Waals surface area contributed by atoms with Crippen LogP contribution in [0, 0.1) is 11.7 Å². The minimum Gasteiger partial charge on any atom is -0.393 e. The fraction of sp³-hybridized carbons (Fsp3) is 0.611. The van der Waals surface area contributed by atoms with Gasteiger partial charge in [-0.15, -0.1) is 0 Å². The molecule has 1 aromatic rings. The Kier molecular flexibility index (Phi) is 5.68. The summed E-state index contributed by atoms with van der Waals surface area (Å²) >= 11 is 0. The second-order valence-corrected chi connectivity index (χ2v) is 6.66. The number of halogens is 1. The van der Waals surface area contributed by atoms with Crippen LogP contribution in [0.2, 0.25) is 0 Å². The molecule has 0 bridgehead atoms. The summed E-state index contributed by atoms with van der Waals surface area (Å²) in [5.41, 5.74) is 0.853. The summed E-state index contributed by atoms with van der Waals surface area (Å²) in [5.74, 6) is -0.338. The van der Waals surface area contributed by atoms with E-state index in [1.165, 1.54) is 6.07 Å². The summed E-state index contributed by atoms with van der Waals surface area (Å²) in [6, 6.07) is 4.63. The van der Waals surface area contributed by atoms with Gasteiger partial charge in [-0.1, -0.05) is 6.42 Å². The van der Waals surface area contributed by atoms with Gasteiger partial charge in [-0.2, -0.15) is 0 Å². The van der Waals surface area contributed by atoms with Gasteiger partial charge in [-0.3, -0.25) is 4.79 Å². The van der Waals surface area contributed by atoms with Crippen molar-refractivity contribution in [2.24, 2.45) is 5.92 Å². The zero-order valence-electron chi connectivity index (χ0n) is 13.8. The van der Waals surface area contributed by atoms with Crippen molar-refractivity contribution < 1.29 is 19.0 Å². The van der Waals surface area contributed by atoms with E-state index in [0.29, 0.717) is 50.0 Å². The minimum absolute atomic E-state index is 0.258. The number of nitrogens with zero attached hydrogens (tertiary/aromatic N) is 1. The lowest BCUT2D eigenvalue weighted by atomic mass is 9.87. The van der Waals surface area contributed by atoms with Gasteiger partial charge in [0.2, 0.25) is 0 Å². The van der Waals surface area contributed by atoms with E-state index in [1.54, 1.807) is 12.1 Å². The number of ether oxygens (including phenoxy) is 1. The average Bonchev–Trinajstić information content (AvgIpc) is 2.60. The molecule has 1 saturated carbocycles. The van der Waals surface area contributed by atoms with Crippen LogP contribution in [0.1, 0.15) is 36.0 Å². The monoisotopic (exact) mass is 336 g/mol. The van der Waals surface area contributed by atoms with E-state index >= 15 is 0 Å². The normalized spacial score (nSPS) is 24.7. The number of aliphatic hydroxyl groups is 1. The Labute approximate surface area is 141 Å². The molecule has 0 aromatic heterocycles. The first kappa shape index (κ1) is 17.2. The molecule has 1 amide bonds. The third kappa shape index (κ3) is 4.24. The lowest BCUT2D eigenvalue weighted by Crippen LogP contribution is -2.37. The van der Waals surface area contributed by atoms with Crippen molar-refractivity contribution in [2.75, 3.05) is 37.7 Å². The summed E-state index contributed by atoms with van der Waals surface area (Å²) in [4.78, 5) is 14.2. The molecule has 0 spiro atoms. The van der Waals surface area contributed by atoms with Crippen molar-refractivity contribution in [3.05, 3.63) is 29.6 Å². The first-order chi connectivity index (χ1) is 11.6. The van der Waals surface area contributed by atoms with Gasteiger partial charge in [-0.05, 0) is 43.4 Å². The maximum Gasteiger partial charge on any atom is 0.251 e. The smallest absolute Gasteiger partial charge is 0.251 e. The van der Waals surface area contributed by atoms with Crippen LogP contribution in [0.4, 0.5) is 10.1 Å². The highest BCUT2D eigenvalue weighted by molar-refractivity contribution is 5.94. The Morgan fingerprint density at radius 3 is 2.83 bits per heavy atom. The first-order valence-corrected chi connectivity index (χ1v) is 8.72. The Balaban J connectivity index is 1.57. The summed E-state index contributed by atoms with van der Waals surface area (Å²) in [6.45, 7) is 3.03. The molecular formula is C18H25FN2O3. The topological polar surface area (TPSA) is 61.8 Å². The van der Waals surface area contributed by atoms with Crippen molar-refractivity contribution in [3.63, 3.8) is 0 Å². The van der Waals surface area contributed by atoms with Crippen molar-refractivity contribution in [1.82, 2.24) is 5.32 Å². The molecule has 5 nitrogen and oxygen atoms in total. The number of hydrogen-bond acceptors (Lipinski definition) is 4. The van der Waals surface area contributed by atoms with Gasteiger partial charge in [0.15, 0.2) is 0 Å². The van der Waals surface area contributed by atoms with E-state index in [9.17, 15) is 14.3 Å². The zero-order valence-corrected chi connectivity index (χ0v) is 13.8. The fourth-order valence-electron chi connectivity index (χ4n) is 3.50. The Bertz CT molecular complexity index is 575. The predicted molar refractivity (Wildman–Crippen MR) is 89.7 cm³/mol. The quantitative estimate of drug-likeness (QED) is 0.882. The molecule has 1 aromatic carbocycles. The third-order valence-electron chi connectivity index (χ3n) is 4.87. The standard InChI is InChI=1S/C18H25FN2O3/c19-16-11-14(4-5-17(16)21-6-8-24-9-7-21)18(23)20-12-13-2-1-3-15(22)10-13/h4-5,11,13,15,22H,1-3,6-10,12H2,(H,20,23). The summed E-state index contributed by atoms with van der Waals surface area (Å²) in [7, 11) is 0. The highest BCUT2D eigenvalue weighted by Crippen LogP contribution is 2.24. The number of nitrogens with one attached hydrogen (secondary N) is 1. The van der Waals surface area contributed by atoms with Gasteiger partial charge in [-0.25, -0.2) is 4.39 Å². The number of carbonyl (C=O) groups is 1. The molecule has 2 aliphatic rings. The molecule has 1 saturated heterocycles. The number of morpholine rings is 1. The molecular weight excluding hydrogens is 311 g/mol. The SMILES string of the molecule is O=C(NCC1CCCC(O)C1)c1ccc(N2CCOCC2)c(F)c1. The number of carbonyl (C=O) groups excluding carboxylic acids is 1. The van der Waals surface area contributed by atoms with Gasteiger partial charge < -0.3 is 20.1 Å². The van der Waals surface area contributed by atoms with E-state index in [2.05, 4.69) is 5.32 Å². The summed E-state index contributed by atoms with van der Waals surface area (Å²) in [5, 5.41) is 12.5. The summed E-state index contributed by atoms with van der Waals surface area (Å²) < 4.78 is 19.6. The van der Waals surface area contributed by atoms with E-state index in [-0.39, 0.29) is 17.8 Å². The minimum atomic E-state index is -0.377. The molecule has 3 rings (SSSR count). The number of rotatable bonds is 4. The number of hydrogen-bond donors (Lipinski definition) is 2. The van der Waals surface area contributed by atoms with Crippen LogP contribution < -0.4 is 10.2 Å². The Morgan fingerprint density at radius 1 is 1.33 bits per heavy atom. The molecule has 1 aliphatic heterocycles. The molecule has 2 fully saturated rings. The van der Waals surface area contributed by atoms with Crippen LogP contribution in [-0.4, -0.2) is 50.0 Å². The molecule has 2 N–H and O–H groups in total. The highest BCUT2D eigenvalue weighted by Gasteiger charge is 2.21. The fourth-order valence-corrected chi connectivity index (χ4v) is 3.50. The van der Waals surface area contributed by atoms with Crippen molar-refractivity contribution in [2.45, 2.75) is 31.8 Å². The van der Waals surface area contributed by atoms with Crippen LogP contribution >= 0.6 is 0 Å². The molecule has 1 heterocycles. The molecule has 6 heteroatoms. The van der Waals surface area contributed by atoms with Crippen LogP contribution in [0.3, 0.4) is 0 Å². The van der Waals surface area contributed by atoms with Crippen LogP contribution in [0.15, 0.2) is 18.2 Å². The van der Waals surface area contributed by atoms with Crippen LogP contribution in [0.25, 0.3) is 0 Å². The predicted octanol–water partition coefficient (Wildman–Crippen LogP) is 1.94. The van der Waals surface area contributed by atoms with Crippen LogP contribution in [0.5, 0.6) is 0 Å². The number of amides is 1. The van der Waals surface area contributed by atoms with Crippen molar-refractivity contribution in [3.8, 4) is 0 Å². The van der Waals surface area contributed by atoms with Gasteiger partial charge in [0, 0.05) is 25.2 Å². The molecule has 0 radical (unpaired) electrons. The molecule has 2 atom stereocenters. The van der Waals surface area contributed by atoms with E-state index in [4.69, 9.17) is 4.74 Å². The molecule has 24 heavy (non-hydrogen) atoms. The summed E-state index contributed by atoms with van der Waals surface area (Å²) in [6.07, 6.45) is 3.32. The van der Waals surface area contributed by atoms with Gasteiger partial charge in [0.25, 0.3) is 5.91 Å². The van der Waals surface area contributed by atoms with Crippen molar-refractivity contribution in [1.29, 1.82) is 0 Å². The highest BCUT2D eigenvalue weighted by atomic mass is 19.1. The average molecular weight is 336 g/mol. The van der Waals surface area contributed by atoms with Crippen LogP contribution in [-0.2, 0) is 4.74 Å². The number of benzene rings is 1. The lowest BCUT2D eigenvalue weighted by molar-refractivity contribution is 0.0873. The first-order valence-electron chi connectivity index (χ1n) is 8.72. The van der Waals surface area contributed by atoms with E-state index in [1.807, 2.05) is 4.90 Å². The zero-order chi connectivity index (χ0) is 16.9. The van der Waals surface area contributed by atoms with Gasteiger partial charge >= 0.3 is 0 Å². The Hall–Kier alpha value is -1.66. The molecule has 1 aliphatic carbocycles. The number of anilines is 1. The maximum absolute atomic E-state index is 14.3. The third-order valence-corrected chi connectivity index (χ3v) is 4.87. The van der Waals surface area contributed by atoms with Gasteiger partial charge in [0.1, 0.15) is 5.82 Å². The lowest BCUT2D eigenvalue weighted by Gasteiger charge is -2.29. The number of aliphatic hydroxyl groups excluding tert-OH is 1. The largest absolute Gasteiger partial charge is 0.393 e.